The molecule has 0 aromatic carbocycles. The highest BCUT2D eigenvalue weighted by atomic mass is 32.2. The van der Waals surface area contributed by atoms with Gasteiger partial charge in [-0.15, -0.1) is 11.8 Å². The summed E-state index contributed by atoms with van der Waals surface area (Å²) < 4.78 is 5.60. The largest absolute Gasteiger partial charge is 0.493 e. The molecule has 4 heteroatoms. The topological polar surface area (TPSA) is 43.4 Å². The highest BCUT2D eigenvalue weighted by Crippen LogP contribution is 2.42. The molecule has 98 valence electrons. The van der Waals surface area contributed by atoms with Crippen molar-refractivity contribution < 1.29 is 14.3 Å². The minimum absolute atomic E-state index is 0.0352. The van der Waals surface area contributed by atoms with Crippen LogP contribution < -0.4 is 0 Å². The molecule has 0 aromatic heterocycles. The molecule has 0 heterocycles. The van der Waals surface area contributed by atoms with E-state index in [0.29, 0.717) is 17.9 Å². The molecule has 1 aliphatic carbocycles. The number of ether oxygens (including phenoxy) is 1. The lowest BCUT2D eigenvalue weighted by atomic mass is 9.83. The number of thioether (sulfide) groups is 1. The van der Waals surface area contributed by atoms with Crippen molar-refractivity contribution in [3.63, 3.8) is 0 Å². The van der Waals surface area contributed by atoms with Crippen LogP contribution in [0.25, 0.3) is 0 Å². The van der Waals surface area contributed by atoms with E-state index in [2.05, 4.69) is 0 Å². The highest BCUT2D eigenvalue weighted by molar-refractivity contribution is 8.02. The van der Waals surface area contributed by atoms with Crippen molar-refractivity contribution in [2.24, 2.45) is 5.92 Å². The molecule has 0 aliphatic heterocycles. The molecule has 0 aromatic rings. The molecule has 0 radical (unpaired) electrons. The summed E-state index contributed by atoms with van der Waals surface area (Å²) in [5.41, 5.74) is 2.07. The summed E-state index contributed by atoms with van der Waals surface area (Å²) in [5.74, 6) is 2.11. The van der Waals surface area contributed by atoms with Crippen molar-refractivity contribution in [1.82, 2.24) is 0 Å². The fourth-order valence-corrected chi connectivity index (χ4v) is 3.15. The van der Waals surface area contributed by atoms with Gasteiger partial charge in [-0.1, -0.05) is 0 Å². The van der Waals surface area contributed by atoms with Crippen molar-refractivity contribution in [1.29, 1.82) is 0 Å². The first-order chi connectivity index (χ1) is 8.49. The van der Waals surface area contributed by atoms with Gasteiger partial charge in [0.25, 0.3) is 0 Å². The Balaban J connectivity index is 3.50. The van der Waals surface area contributed by atoms with Gasteiger partial charge in [0.05, 0.1) is 18.1 Å². The van der Waals surface area contributed by atoms with E-state index < -0.39 is 5.92 Å². The molecule has 1 aliphatic rings. The quantitative estimate of drug-likeness (QED) is 0.734. The van der Waals surface area contributed by atoms with Gasteiger partial charge in [-0.05, 0) is 34.0 Å². The van der Waals surface area contributed by atoms with Gasteiger partial charge >= 0.3 is 0 Å². The van der Waals surface area contributed by atoms with E-state index in [1.54, 1.807) is 0 Å². The second-order valence-corrected chi connectivity index (χ2v) is 4.99. The van der Waals surface area contributed by atoms with Crippen molar-refractivity contribution in [2.75, 3.05) is 12.9 Å². The lowest BCUT2D eigenvalue weighted by molar-refractivity contribution is -0.118. The van der Waals surface area contributed by atoms with E-state index >= 15 is 0 Å². The maximum Gasteiger partial charge on any atom is 0.142 e. The molecule has 0 saturated carbocycles. The van der Waals surface area contributed by atoms with Crippen LogP contribution in [0.4, 0.5) is 0 Å². The fraction of sp³-hybridized carbons (Fsp3) is 0.500. The molecule has 1 rings (SSSR count). The van der Waals surface area contributed by atoms with Crippen LogP contribution in [0.3, 0.4) is 0 Å². The van der Waals surface area contributed by atoms with Crippen LogP contribution in [-0.2, 0) is 14.3 Å². The monoisotopic (exact) mass is 266 g/mol. The molecule has 0 fully saturated rings. The molecule has 0 bridgehead atoms. The Labute approximate surface area is 112 Å². The van der Waals surface area contributed by atoms with E-state index in [-0.39, 0.29) is 5.78 Å². The zero-order valence-electron chi connectivity index (χ0n) is 11.4. The minimum atomic E-state index is -0.485. The SMILES string of the molecule is CCOC1=C(C)C(=C=O)C(C(C)=O)C(SC)=C1C. The number of hydrogen-bond donors (Lipinski definition) is 0. The molecule has 3 nitrogen and oxygen atoms in total. The zero-order valence-corrected chi connectivity index (χ0v) is 12.2. The van der Waals surface area contributed by atoms with Gasteiger partial charge in [-0.25, -0.2) is 4.79 Å². The molecular weight excluding hydrogens is 248 g/mol. The van der Waals surface area contributed by atoms with Gasteiger partial charge < -0.3 is 4.74 Å². The maximum atomic E-state index is 11.8. The second kappa shape index (κ2) is 6.07. The zero-order chi connectivity index (χ0) is 13.9. The molecule has 0 amide bonds. The first-order valence-corrected chi connectivity index (χ1v) is 7.06. The number of hydrogen-bond acceptors (Lipinski definition) is 4. The second-order valence-electron chi connectivity index (χ2n) is 4.14. The van der Waals surface area contributed by atoms with Crippen LogP contribution in [0.1, 0.15) is 27.7 Å². The van der Waals surface area contributed by atoms with E-state index in [0.717, 1.165) is 16.1 Å². The predicted octanol–water partition coefficient (Wildman–Crippen LogP) is 2.91. The molecule has 0 spiro atoms. The van der Waals surface area contributed by atoms with E-state index in [1.165, 1.54) is 18.7 Å². The van der Waals surface area contributed by atoms with Gasteiger partial charge in [0, 0.05) is 16.1 Å². The van der Waals surface area contributed by atoms with E-state index in [4.69, 9.17) is 4.74 Å². The predicted molar refractivity (Wildman–Crippen MR) is 73.9 cm³/mol. The van der Waals surface area contributed by atoms with Crippen molar-refractivity contribution in [3.8, 4) is 0 Å². The summed E-state index contributed by atoms with van der Waals surface area (Å²) in [6, 6.07) is 0. The number of Topliss-reactive ketones (excluding diaryl/α,β-unsaturated/α-hetero) is 1. The summed E-state index contributed by atoms with van der Waals surface area (Å²) in [4.78, 5) is 23.8. The van der Waals surface area contributed by atoms with Crippen LogP contribution in [0.15, 0.2) is 27.4 Å². The molecule has 1 unspecified atom stereocenters. The molecular formula is C14H18O3S. The fourth-order valence-electron chi connectivity index (χ4n) is 2.23. The average molecular weight is 266 g/mol. The van der Waals surface area contributed by atoms with Crippen LogP contribution in [-0.4, -0.2) is 24.6 Å². The Hall–Kier alpha value is -1.25. The number of carbonyl (C=O) groups excluding carboxylic acids is 2. The molecule has 1 atom stereocenters. The summed E-state index contributed by atoms with van der Waals surface area (Å²) in [5, 5.41) is 0. The number of ketones is 1. The number of allylic oxidation sites excluding steroid dienone is 4. The molecule has 0 saturated heterocycles. The standard InChI is InChI=1S/C14H18O3S/c1-6-17-13-8(2)11(7-15)12(10(4)16)14(18-5)9(13)3/h12H,6H2,1-5H3. The minimum Gasteiger partial charge on any atom is -0.493 e. The molecule has 0 N–H and O–H groups in total. The third kappa shape index (κ3) is 2.45. The Kier molecular flexibility index (Phi) is 5.00. The van der Waals surface area contributed by atoms with E-state index in [9.17, 15) is 9.59 Å². The van der Waals surface area contributed by atoms with Crippen LogP contribution in [0.2, 0.25) is 0 Å². The lowest BCUT2D eigenvalue weighted by Crippen LogP contribution is -2.23. The summed E-state index contributed by atoms with van der Waals surface area (Å²) in [6.45, 7) is 7.67. The summed E-state index contributed by atoms with van der Waals surface area (Å²) in [6.07, 6.45) is 1.90. The van der Waals surface area contributed by atoms with Gasteiger partial charge in [0.15, 0.2) is 0 Å². The Bertz CT molecular complexity index is 479. The van der Waals surface area contributed by atoms with Crippen LogP contribution in [0, 0.1) is 5.92 Å². The number of rotatable bonds is 4. The highest BCUT2D eigenvalue weighted by Gasteiger charge is 2.34. The normalized spacial score (nSPS) is 20.1. The van der Waals surface area contributed by atoms with Gasteiger partial charge in [0.1, 0.15) is 17.5 Å². The summed E-state index contributed by atoms with van der Waals surface area (Å²) >= 11 is 1.49. The van der Waals surface area contributed by atoms with Crippen molar-refractivity contribution in [3.05, 3.63) is 27.4 Å². The van der Waals surface area contributed by atoms with Gasteiger partial charge in [-0.3, -0.25) is 4.79 Å². The van der Waals surface area contributed by atoms with Crippen LogP contribution >= 0.6 is 11.8 Å². The Morgan fingerprint density at radius 2 is 2.00 bits per heavy atom. The average Bonchev–Trinajstić information content (AvgIpc) is 2.33. The third-order valence-electron chi connectivity index (χ3n) is 3.03. The third-order valence-corrected chi connectivity index (χ3v) is 4.01. The smallest absolute Gasteiger partial charge is 0.142 e. The first-order valence-electron chi connectivity index (χ1n) is 5.84. The van der Waals surface area contributed by atoms with Crippen LogP contribution in [0.5, 0.6) is 0 Å². The first kappa shape index (κ1) is 14.8. The Morgan fingerprint density at radius 1 is 1.39 bits per heavy atom. The molecule has 18 heavy (non-hydrogen) atoms. The van der Waals surface area contributed by atoms with E-state index in [1.807, 2.05) is 33.0 Å². The lowest BCUT2D eigenvalue weighted by Gasteiger charge is -2.28. The maximum absolute atomic E-state index is 11.8. The van der Waals surface area contributed by atoms with Gasteiger partial charge in [-0.2, -0.15) is 0 Å². The summed E-state index contributed by atoms with van der Waals surface area (Å²) in [7, 11) is 0. The number of carbonyl (C=O) groups is 1. The van der Waals surface area contributed by atoms with Crippen molar-refractivity contribution >= 4 is 23.5 Å². The van der Waals surface area contributed by atoms with Crippen molar-refractivity contribution in [2.45, 2.75) is 27.7 Å². The van der Waals surface area contributed by atoms with Gasteiger partial charge in [0.2, 0.25) is 0 Å². The Morgan fingerprint density at radius 3 is 2.39 bits per heavy atom.